The van der Waals surface area contributed by atoms with Gasteiger partial charge in [-0.3, -0.25) is 0 Å². The number of benzene rings is 3. The van der Waals surface area contributed by atoms with Crippen molar-refractivity contribution in [3.8, 4) is 22.9 Å². The molecular weight excluding hydrogens is 566 g/mol. The van der Waals surface area contributed by atoms with Crippen molar-refractivity contribution in [2.75, 3.05) is 16.2 Å². The minimum Gasteiger partial charge on any atom is -0.454 e. The maximum absolute atomic E-state index is 13.2. The SMILES string of the molecule is CC(C)c1ccc(S(=O)(=O)Nc2nc(NS(=O)(=O)c3ccc(C(C)C)cc3)nc(-c3ccc4c(c3)OCO4)n2)cc1. The van der Waals surface area contributed by atoms with Gasteiger partial charge in [-0.2, -0.15) is 15.0 Å². The second-order valence-electron chi connectivity index (χ2n) is 10.0. The van der Waals surface area contributed by atoms with E-state index in [-0.39, 0.29) is 46.1 Å². The number of fused-ring (bicyclic) bond motifs is 1. The molecule has 0 radical (unpaired) electrons. The number of hydrogen-bond donors (Lipinski definition) is 2. The van der Waals surface area contributed by atoms with E-state index >= 15 is 0 Å². The normalized spacial score (nSPS) is 13.0. The summed E-state index contributed by atoms with van der Waals surface area (Å²) in [7, 11) is -8.23. The van der Waals surface area contributed by atoms with Gasteiger partial charge in [-0.1, -0.05) is 52.0 Å². The zero-order valence-electron chi connectivity index (χ0n) is 22.8. The molecule has 0 saturated carbocycles. The molecule has 3 aromatic carbocycles. The first-order valence-corrected chi connectivity index (χ1v) is 15.8. The van der Waals surface area contributed by atoms with E-state index in [0.717, 1.165) is 11.1 Å². The zero-order chi connectivity index (χ0) is 29.4. The minimum absolute atomic E-state index is 0.000634. The maximum atomic E-state index is 13.2. The summed E-state index contributed by atoms with van der Waals surface area (Å²) in [4.78, 5) is 12.6. The van der Waals surface area contributed by atoms with Crippen molar-refractivity contribution in [2.24, 2.45) is 0 Å². The lowest BCUT2D eigenvalue weighted by Crippen LogP contribution is -2.19. The average molecular weight is 596 g/mol. The molecule has 4 aromatic rings. The van der Waals surface area contributed by atoms with Crippen LogP contribution in [0.3, 0.4) is 0 Å². The summed E-state index contributed by atoms with van der Waals surface area (Å²) >= 11 is 0. The van der Waals surface area contributed by atoms with Gasteiger partial charge in [0.25, 0.3) is 20.0 Å². The summed E-state index contributed by atoms with van der Waals surface area (Å²) in [6.07, 6.45) is 0. The number of nitrogens with one attached hydrogen (secondary N) is 2. The molecule has 2 heterocycles. The van der Waals surface area contributed by atoms with Gasteiger partial charge in [0.2, 0.25) is 18.7 Å². The van der Waals surface area contributed by atoms with Crippen molar-refractivity contribution < 1.29 is 26.3 Å². The van der Waals surface area contributed by atoms with Crippen LogP contribution in [0.25, 0.3) is 11.4 Å². The standard InChI is InChI=1S/C28H29N5O6S2/c1-17(2)19-5-10-22(11-6-19)40(34,35)32-27-29-26(21-9-14-24-25(15-21)39-16-38-24)30-28(31-27)33-41(36,37)23-12-7-20(8-13-23)18(3)4/h5-15,17-18H,16H2,1-4H3,(H2,29,30,31,32,33). The van der Waals surface area contributed by atoms with Crippen LogP contribution in [0.5, 0.6) is 11.5 Å². The van der Waals surface area contributed by atoms with Crippen LogP contribution >= 0.6 is 0 Å². The molecule has 1 aliphatic rings. The highest BCUT2D eigenvalue weighted by Crippen LogP contribution is 2.35. The van der Waals surface area contributed by atoms with Gasteiger partial charge in [0.15, 0.2) is 17.3 Å². The number of ether oxygens (including phenoxy) is 2. The van der Waals surface area contributed by atoms with Gasteiger partial charge < -0.3 is 9.47 Å². The van der Waals surface area contributed by atoms with Crippen molar-refractivity contribution >= 4 is 31.9 Å². The van der Waals surface area contributed by atoms with E-state index in [0.29, 0.717) is 17.1 Å². The molecule has 214 valence electrons. The highest BCUT2D eigenvalue weighted by molar-refractivity contribution is 7.93. The summed E-state index contributed by atoms with van der Waals surface area (Å²) in [5.41, 5.74) is 2.39. The molecule has 0 saturated heterocycles. The Kier molecular flexibility index (Phi) is 7.58. The fraction of sp³-hybridized carbons (Fsp3) is 0.250. The number of sulfonamides is 2. The molecule has 1 aliphatic heterocycles. The largest absolute Gasteiger partial charge is 0.454 e. The summed E-state index contributed by atoms with van der Waals surface area (Å²) in [5, 5.41) is 0. The Labute approximate surface area is 239 Å². The van der Waals surface area contributed by atoms with Crippen LogP contribution in [0.4, 0.5) is 11.9 Å². The first kappa shape index (κ1) is 28.3. The smallest absolute Gasteiger partial charge is 0.264 e. The Morgan fingerprint density at radius 3 is 1.56 bits per heavy atom. The summed E-state index contributed by atoms with van der Waals surface area (Å²) in [6, 6.07) is 17.8. The van der Waals surface area contributed by atoms with Gasteiger partial charge in [0.05, 0.1) is 9.79 Å². The molecule has 0 fully saturated rings. The second kappa shape index (κ2) is 11.0. The molecule has 0 spiro atoms. The minimum atomic E-state index is -4.11. The molecule has 0 atom stereocenters. The Balaban J connectivity index is 1.52. The summed E-state index contributed by atoms with van der Waals surface area (Å²) in [5.74, 6) is 0.706. The summed E-state index contributed by atoms with van der Waals surface area (Å²) < 4.78 is 68.3. The number of aromatic nitrogens is 3. The predicted molar refractivity (Wildman–Crippen MR) is 154 cm³/mol. The Morgan fingerprint density at radius 2 is 1.10 bits per heavy atom. The van der Waals surface area contributed by atoms with E-state index in [9.17, 15) is 16.8 Å². The lowest BCUT2D eigenvalue weighted by atomic mass is 10.0. The van der Waals surface area contributed by atoms with Gasteiger partial charge in [-0.25, -0.2) is 26.3 Å². The number of hydrogen-bond acceptors (Lipinski definition) is 9. The molecule has 5 rings (SSSR count). The molecule has 0 aliphatic carbocycles. The van der Waals surface area contributed by atoms with E-state index in [1.165, 1.54) is 24.3 Å². The van der Waals surface area contributed by atoms with Crippen LogP contribution in [-0.4, -0.2) is 38.6 Å². The molecule has 2 N–H and O–H groups in total. The second-order valence-corrected chi connectivity index (χ2v) is 13.4. The third kappa shape index (κ3) is 6.25. The molecule has 13 heteroatoms. The Hall–Kier alpha value is -4.23. The first-order chi connectivity index (χ1) is 19.4. The monoisotopic (exact) mass is 595 g/mol. The highest BCUT2D eigenvalue weighted by atomic mass is 32.2. The lowest BCUT2D eigenvalue weighted by molar-refractivity contribution is 0.174. The van der Waals surface area contributed by atoms with Crippen molar-refractivity contribution in [1.29, 1.82) is 0 Å². The summed E-state index contributed by atoms with van der Waals surface area (Å²) in [6.45, 7) is 8.07. The van der Waals surface area contributed by atoms with Crippen LogP contribution in [0, 0.1) is 0 Å². The Bertz CT molecular complexity index is 1690. The quantitative estimate of drug-likeness (QED) is 0.269. The molecule has 0 unspecified atom stereocenters. The number of anilines is 2. The van der Waals surface area contributed by atoms with Gasteiger partial charge in [-0.05, 0) is 65.4 Å². The molecule has 11 nitrogen and oxygen atoms in total. The van der Waals surface area contributed by atoms with Gasteiger partial charge in [-0.15, -0.1) is 0 Å². The van der Waals surface area contributed by atoms with E-state index in [2.05, 4.69) is 24.4 Å². The molecular formula is C28H29N5O6S2. The molecule has 1 aromatic heterocycles. The fourth-order valence-corrected chi connectivity index (χ4v) is 5.94. The number of rotatable bonds is 9. The first-order valence-electron chi connectivity index (χ1n) is 12.8. The topological polar surface area (TPSA) is 149 Å². The van der Waals surface area contributed by atoms with E-state index < -0.39 is 20.0 Å². The predicted octanol–water partition coefficient (Wildman–Crippen LogP) is 5.12. The van der Waals surface area contributed by atoms with Crippen LogP contribution in [0.15, 0.2) is 76.5 Å². The average Bonchev–Trinajstić information content (AvgIpc) is 3.40. The van der Waals surface area contributed by atoms with Crippen LogP contribution < -0.4 is 18.9 Å². The third-order valence-electron chi connectivity index (χ3n) is 6.43. The zero-order valence-corrected chi connectivity index (χ0v) is 24.5. The van der Waals surface area contributed by atoms with Crippen LogP contribution in [-0.2, 0) is 20.0 Å². The number of nitrogens with zero attached hydrogens (tertiary/aromatic N) is 3. The van der Waals surface area contributed by atoms with Crippen molar-refractivity contribution in [2.45, 2.75) is 49.3 Å². The van der Waals surface area contributed by atoms with Crippen LogP contribution in [0.1, 0.15) is 50.7 Å². The van der Waals surface area contributed by atoms with Gasteiger partial charge >= 0.3 is 0 Å². The Morgan fingerprint density at radius 1 is 0.634 bits per heavy atom. The van der Waals surface area contributed by atoms with Crippen molar-refractivity contribution in [1.82, 2.24) is 15.0 Å². The van der Waals surface area contributed by atoms with E-state index in [4.69, 9.17) is 9.47 Å². The van der Waals surface area contributed by atoms with Gasteiger partial charge in [0.1, 0.15) is 0 Å². The van der Waals surface area contributed by atoms with E-state index in [1.807, 2.05) is 27.7 Å². The molecule has 0 bridgehead atoms. The molecule has 41 heavy (non-hydrogen) atoms. The van der Waals surface area contributed by atoms with Gasteiger partial charge in [0, 0.05) is 5.56 Å². The van der Waals surface area contributed by atoms with Crippen molar-refractivity contribution in [3.05, 3.63) is 77.9 Å². The highest BCUT2D eigenvalue weighted by Gasteiger charge is 2.22. The maximum Gasteiger partial charge on any atom is 0.264 e. The molecule has 0 amide bonds. The van der Waals surface area contributed by atoms with Crippen molar-refractivity contribution in [3.63, 3.8) is 0 Å². The van der Waals surface area contributed by atoms with Crippen LogP contribution in [0.2, 0.25) is 0 Å². The third-order valence-corrected chi connectivity index (χ3v) is 9.12. The lowest BCUT2D eigenvalue weighted by Gasteiger charge is -2.13. The fourth-order valence-electron chi connectivity index (χ4n) is 4.05. The van der Waals surface area contributed by atoms with E-state index in [1.54, 1.807) is 42.5 Å².